The van der Waals surface area contributed by atoms with Crippen LogP contribution in [0.2, 0.25) is 5.02 Å². The molecule has 0 unspecified atom stereocenters. The summed E-state index contributed by atoms with van der Waals surface area (Å²) in [5, 5.41) is 2.18. The Hall–Kier alpha value is -2.19. The van der Waals surface area contributed by atoms with E-state index in [2.05, 4.69) is 5.32 Å². The van der Waals surface area contributed by atoms with E-state index in [1.54, 1.807) is 12.1 Å². The average Bonchev–Trinajstić information content (AvgIpc) is 3.17. The van der Waals surface area contributed by atoms with E-state index >= 15 is 0 Å². The van der Waals surface area contributed by atoms with Crippen LogP contribution in [0.5, 0.6) is 0 Å². The number of carbonyl (C=O) groups is 2. The standard InChI is InChI=1S/C18H12ClF3N2O2S/c19-12-6-5-9(18(20,21)22)7-13(12)23-15(25)14-8-27-17-11-4-2-1-3-10(11)16(26)24(14)17/h1-7,14,17H,8H2,(H,23,25)/t14-,17-/m0/s1. The van der Waals surface area contributed by atoms with Crippen molar-refractivity contribution >= 4 is 40.9 Å². The van der Waals surface area contributed by atoms with Gasteiger partial charge in [0.25, 0.3) is 5.91 Å². The third kappa shape index (κ3) is 3.06. The first-order chi connectivity index (χ1) is 12.8. The molecule has 4 rings (SSSR count). The molecule has 2 aromatic carbocycles. The van der Waals surface area contributed by atoms with Crippen molar-refractivity contribution in [3.63, 3.8) is 0 Å². The number of nitrogens with one attached hydrogen (secondary N) is 1. The van der Waals surface area contributed by atoms with Crippen molar-refractivity contribution < 1.29 is 22.8 Å². The molecule has 2 aliphatic heterocycles. The Morgan fingerprint density at radius 1 is 1.22 bits per heavy atom. The van der Waals surface area contributed by atoms with Gasteiger partial charge < -0.3 is 10.2 Å². The molecule has 9 heteroatoms. The Balaban J connectivity index is 1.58. The van der Waals surface area contributed by atoms with Crippen molar-refractivity contribution in [3.05, 3.63) is 64.2 Å². The highest BCUT2D eigenvalue weighted by Gasteiger charge is 2.48. The fourth-order valence-electron chi connectivity index (χ4n) is 3.26. The van der Waals surface area contributed by atoms with Gasteiger partial charge in [-0.15, -0.1) is 11.8 Å². The number of anilines is 1. The molecule has 0 saturated carbocycles. The van der Waals surface area contributed by atoms with Crippen molar-refractivity contribution in [2.75, 3.05) is 11.1 Å². The number of hydrogen-bond acceptors (Lipinski definition) is 3. The lowest BCUT2D eigenvalue weighted by atomic mass is 10.1. The average molecular weight is 413 g/mol. The second-order valence-electron chi connectivity index (χ2n) is 6.18. The van der Waals surface area contributed by atoms with Crippen LogP contribution in [0.4, 0.5) is 18.9 Å². The molecule has 2 heterocycles. The van der Waals surface area contributed by atoms with Crippen LogP contribution in [0.25, 0.3) is 0 Å². The number of nitrogens with zero attached hydrogens (tertiary/aromatic N) is 1. The van der Waals surface area contributed by atoms with Gasteiger partial charge in [0.2, 0.25) is 5.91 Å². The highest BCUT2D eigenvalue weighted by Crippen LogP contribution is 2.48. The van der Waals surface area contributed by atoms with Crippen molar-refractivity contribution in [2.24, 2.45) is 0 Å². The summed E-state index contributed by atoms with van der Waals surface area (Å²) in [7, 11) is 0. The number of fused-ring (bicyclic) bond motifs is 3. The van der Waals surface area contributed by atoms with Gasteiger partial charge in [-0.1, -0.05) is 29.8 Å². The smallest absolute Gasteiger partial charge is 0.323 e. The molecule has 1 fully saturated rings. The molecule has 2 aliphatic rings. The minimum atomic E-state index is -4.55. The first-order valence-electron chi connectivity index (χ1n) is 7.98. The molecule has 0 radical (unpaired) electrons. The highest BCUT2D eigenvalue weighted by atomic mass is 35.5. The van der Waals surface area contributed by atoms with Crippen LogP contribution >= 0.6 is 23.4 Å². The predicted molar refractivity (Wildman–Crippen MR) is 96.7 cm³/mol. The molecule has 0 aliphatic carbocycles. The Kier molecular flexibility index (Phi) is 4.35. The Labute approximate surface area is 161 Å². The van der Waals surface area contributed by atoms with E-state index in [0.717, 1.165) is 23.8 Å². The number of amides is 2. The van der Waals surface area contributed by atoms with E-state index in [-0.39, 0.29) is 22.0 Å². The molecule has 27 heavy (non-hydrogen) atoms. The molecule has 0 aromatic heterocycles. The maximum absolute atomic E-state index is 12.9. The SMILES string of the molecule is O=C(Nc1cc(C(F)(F)F)ccc1Cl)[C@@H]1CS[C@H]2c3ccccc3C(=O)N12. The monoisotopic (exact) mass is 412 g/mol. The van der Waals surface area contributed by atoms with E-state index in [1.807, 2.05) is 12.1 Å². The largest absolute Gasteiger partial charge is 0.416 e. The zero-order valence-electron chi connectivity index (χ0n) is 13.6. The lowest BCUT2D eigenvalue weighted by Crippen LogP contribution is -2.42. The number of carbonyl (C=O) groups excluding carboxylic acids is 2. The van der Waals surface area contributed by atoms with Crippen molar-refractivity contribution in [1.29, 1.82) is 0 Å². The lowest BCUT2D eigenvalue weighted by molar-refractivity contribution is -0.137. The summed E-state index contributed by atoms with van der Waals surface area (Å²) >= 11 is 7.39. The molecule has 2 amide bonds. The molecule has 2 atom stereocenters. The minimum absolute atomic E-state index is 0.00501. The van der Waals surface area contributed by atoms with Crippen LogP contribution in [0, 0.1) is 0 Å². The summed E-state index contributed by atoms with van der Waals surface area (Å²) in [5.41, 5.74) is 0.351. The Morgan fingerprint density at radius 2 is 1.96 bits per heavy atom. The Bertz CT molecular complexity index is 950. The van der Waals surface area contributed by atoms with Crippen molar-refractivity contribution in [2.45, 2.75) is 17.6 Å². The highest BCUT2D eigenvalue weighted by molar-refractivity contribution is 7.99. The molecule has 2 aromatic rings. The number of halogens is 4. The van der Waals surface area contributed by atoms with Crippen molar-refractivity contribution in [1.82, 2.24) is 4.90 Å². The number of alkyl halides is 3. The number of rotatable bonds is 2. The Morgan fingerprint density at radius 3 is 2.70 bits per heavy atom. The number of hydrogen-bond donors (Lipinski definition) is 1. The zero-order chi connectivity index (χ0) is 19.3. The van der Waals surface area contributed by atoms with Gasteiger partial charge >= 0.3 is 6.18 Å². The van der Waals surface area contributed by atoms with Gasteiger partial charge in [-0.2, -0.15) is 13.2 Å². The van der Waals surface area contributed by atoms with Crippen LogP contribution in [0.1, 0.15) is 26.9 Å². The van der Waals surface area contributed by atoms with Crippen LogP contribution in [0.15, 0.2) is 42.5 Å². The van der Waals surface area contributed by atoms with Gasteiger partial charge in [-0.05, 0) is 29.8 Å². The van der Waals surface area contributed by atoms with Gasteiger partial charge in [-0.3, -0.25) is 9.59 Å². The molecular weight excluding hydrogens is 401 g/mol. The van der Waals surface area contributed by atoms with E-state index in [4.69, 9.17) is 11.6 Å². The molecule has 4 nitrogen and oxygen atoms in total. The number of benzene rings is 2. The summed E-state index contributed by atoms with van der Waals surface area (Å²) in [6, 6.07) is 9.06. The fourth-order valence-corrected chi connectivity index (χ4v) is 4.89. The third-order valence-corrected chi connectivity index (χ3v) is 6.18. The molecular formula is C18H12ClF3N2O2S. The second kappa shape index (κ2) is 6.45. The van der Waals surface area contributed by atoms with E-state index in [0.29, 0.717) is 11.3 Å². The van der Waals surface area contributed by atoms with Gasteiger partial charge in [0, 0.05) is 11.3 Å². The van der Waals surface area contributed by atoms with E-state index < -0.39 is 23.7 Å². The quantitative estimate of drug-likeness (QED) is 0.786. The third-order valence-electron chi connectivity index (χ3n) is 4.55. The maximum atomic E-state index is 12.9. The summed E-state index contributed by atoms with van der Waals surface area (Å²) in [4.78, 5) is 26.8. The second-order valence-corrected chi connectivity index (χ2v) is 7.70. The van der Waals surface area contributed by atoms with Gasteiger partial charge in [0.1, 0.15) is 11.4 Å². The normalized spacial score (nSPS) is 21.2. The molecule has 0 spiro atoms. The molecule has 1 N–H and O–H groups in total. The first-order valence-corrected chi connectivity index (χ1v) is 9.41. The van der Waals surface area contributed by atoms with Gasteiger partial charge in [0.15, 0.2) is 0 Å². The fraction of sp³-hybridized carbons (Fsp3) is 0.222. The van der Waals surface area contributed by atoms with Crippen LogP contribution in [0.3, 0.4) is 0 Å². The van der Waals surface area contributed by atoms with Gasteiger partial charge in [-0.25, -0.2) is 0 Å². The predicted octanol–water partition coefficient (Wildman–Crippen LogP) is 4.57. The number of thioether (sulfide) groups is 1. The molecule has 140 valence electrons. The topological polar surface area (TPSA) is 49.4 Å². The van der Waals surface area contributed by atoms with E-state index in [9.17, 15) is 22.8 Å². The van der Waals surface area contributed by atoms with Crippen LogP contribution in [-0.4, -0.2) is 28.5 Å². The summed E-state index contributed by atoms with van der Waals surface area (Å²) < 4.78 is 38.7. The minimum Gasteiger partial charge on any atom is -0.323 e. The summed E-state index contributed by atoms with van der Waals surface area (Å²) in [6.45, 7) is 0. The zero-order valence-corrected chi connectivity index (χ0v) is 15.2. The van der Waals surface area contributed by atoms with Crippen LogP contribution < -0.4 is 5.32 Å². The van der Waals surface area contributed by atoms with E-state index in [1.165, 1.54) is 16.7 Å². The maximum Gasteiger partial charge on any atom is 0.416 e. The van der Waals surface area contributed by atoms with Gasteiger partial charge in [0.05, 0.1) is 16.3 Å². The first kappa shape index (κ1) is 18.2. The molecule has 1 saturated heterocycles. The summed E-state index contributed by atoms with van der Waals surface area (Å²) in [5.74, 6) is -0.462. The molecule has 0 bridgehead atoms. The lowest BCUT2D eigenvalue weighted by Gasteiger charge is -2.23. The van der Waals surface area contributed by atoms with Crippen LogP contribution in [-0.2, 0) is 11.0 Å². The van der Waals surface area contributed by atoms with Crippen molar-refractivity contribution in [3.8, 4) is 0 Å². The summed E-state index contributed by atoms with van der Waals surface area (Å²) in [6.07, 6.45) is -4.55.